The van der Waals surface area contributed by atoms with Crippen LogP contribution in [0.5, 0.6) is 0 Å². The van der Waals surface area contributed by atoms with E-state index in [9.17, 15) is 9.59 Å². The quantitative estimate of drug-likeness (QED) is 0.885. The number of rotatable bonds is 2. The number of benzene rings is 1. The summed E-state index contributed by atoms with van der Waals surface area (Å²) in [6.07, 6.45) is 5.02. The molecule has 1 saturated heterocycles. The molecular weight excluding hydrogens is 328 g/mol. The molecule has 1 spiro atoms. The van der Waals surface area contributed by atoms with Gasteiger partial charge in [-0.05, 0) is 57.6 Å². The normalized spacial score (nSPS) is 22.2. The minimum Gasteiger partial charge on any atom is -0.444 e. The van der Waals surface area contributed by atoms with Gasteiger partial charge >= 0.3 is 6.09 Å². The van der Waals surface area contributed by atoms with Crippen molar-refractivity contribution in [2.75, 3.05) is 6.54 Å². The van der Waals surface area contributed by atoms with Crippen molar-refractivity contribution in [3.05, 3.63) is 35.4 Å². The molecule has 0 bridgehead atoms. The van der Waals surface area contributed by atoms with Gasteiger partial charge in [0, 0.05) is 24.9 Å². The van der Waals surface area contributed by atoms with Gasteiger partial charge in [-0.15, -0.1) is 0 Å². The molecule has 1 N–H and O–H groups in total. The Morgan fingerprint density at radius 1 is 1.08 bits per heavy atom. The molecule has 2 aliphatic carbocycles. The highest BCUT2D eigenvalue weighted by molar-refractivity contribution is 5.93. The van der Waals surface area contributed by atoms with Crippen LogP contribution >= 0.6 is 0 Å². The van der Waals surface area contributed by atoms with Gasteiger partial charge in [0.25, 0.3) is 0 Å². The monoisotopic (exact) mass is 356 g/mol. The average Bonchev–Trinajstić information content (AvgIpc) is 2.81. The van der Waals surface area contributed by atoms with Gasteiger partial charge in [0.1, 0.15) is 11.1 Å². The Morgan fingerprint density at radius 2 is 1.69 bits per heavy atom. The van der Waals surface area contributed by atoms with Crippen LogP contribution in [-0.2, 0) is 22.4 Å². The van der Waals surface area contributed by atoms with E-state index in [2.05, 4.69) is 17.4 Å². The largest absolute Gasteiger partial charge is 0.444 e. The maximum Gasteiger partial charge on any atom is 0.408 e. The molecule has 2 fully saturated rings. The van der Waals surface area contributed by atoms with E-state index >= 15 is 0 Å². The molecule has 1 aromatic carbocycles. The van der Waals surface area contributed by atoms with E-state index in [0.29, 0.717) is 12.8 Å². The number of hydrogen-bond acceptors (Lipinski definition) is 3. The van der Waals surface area contributed by atoms with E-state index in [1.165, 1.54) is 6.42 Å². The van der Waals surface area contributed by atoms with Crippen LogP contribution in [0.15, 0.2) is 24.3 Å². The Kier molecular flexibility index (Phi) is 3.83. The van der Waals surface area contributed by atoms with Gasteiger partial charge in [-0.2, -0.15) is 0 Å². The van der Waals surface area contributed by atoms with Gasteiger partial charge in [-0.25, -0.2) is 4.79 Å². The third-order valence-corrected chi connectivity index (χ3v) is 6.16. The molecule has 140 valence electrons. The van der Waals surface area contributed by atoms with Gasteiger partial charge < -0.3 is 15.0 Å². The van der Waals surface area contributed by atoms with Gasteiger partial charge in [0.15, 0.2) is 0 Å². The number of carbonyl (C=O) groups is 2. The third kappa shape index (κ3) is 2.78. The zero-order valence-corrected chi connectivity index (χ0v) is 15.9. The molecule has 0 radical (unpaired) electrons. The fourth-order valence-corrected chi connectivity index (χ4v) is 4.63. The average molecular weight is 356 g/mol. The van der Waals surface area contributed by atoms with Gasteiger partial charge in [-0.3, -0.25) is 4.79 Å². The number of amides is 2. The number of ether oxygens (including phenoxy) is 1. The van der Waals surface area contributed by atoms with Gasteiger partial charge in [0.05, 0.1) is 0 Å². The predicted molar refractivity (Wildman–Crippen MR) is 98.9 cm³/mol. The van der Waals surface area contributed by atoms with Crippen molar-refractivity contribution in [1.82, 2.24) is 10.2 Å². The van der Waals surface area contributed by atoms with Crippen LogP contribution in [-0.4, -0.2) is 40.1 Å². The summed E-state index contributed by atoms with van der Waals surface area (Å²) in [5.74, 6) is 0.0607. The molecule has 0 atom stereocenters. The van der Waals surface area contributed by atoms with Gasteiger partial charge in [-0.1, -0.05) is 24.3 Å². The lowest BCUT2D eigenvalue weighted by Crippen LogP contribution is -2.72. The highest BCUT2D eigenvalue weighted by Crippen LogP contribution is 2.48. The van der Waals surface area contributed by atoms with E-state index < -0.39 is 17.2 Å². The second-order valence-corrected chi connectivity index (χ2v) is 9.12. The second-order valence-electron chi connectivity index (χ2n) is 9.12. The van der Waals surface area contributed by atoms with E-state index in [-0.39, 0.29) is 11.4 Å². The number of fused-ring (bicyclic) bond motifs is 1. The zero-order valence-electron chi connectivity index (χ0n) is 15.9. The van der Waals surface area contributed by atoms with Crippen molar-refractivity contribution in [2.24, 2.45) is 0 Å². The van der Waals surface area contributed by atoms with E-state index in [1.54, 1.807) is 0 Å². The highest BCUT2D eigenvalue weighted by Gasteiger charge is 2.57. The standard InChI is InChI=1S/C21H28N2O3/c1-19(2,3)26-18(25)22-21(13-15-7-4-5-8-16(15)14-21)17(24)23-12-11-20(23)9-6-10-20/h4-5,7-8H,6,9-14H2,1-3H3,(H,22,25). The van der Waals surface area contributed by atoms with Crippen LogP contribution in [0.4, 0.5) is 4.79 Å². The smallest absolute Gasteiger partial charge is 0.408 e. The number of hydrogen-bond donors (Lipinski definition) is 1. The van der Waals surface area contributed by atoms with E-state index in [1.807, 2.05) is 37.8 Å². The number of nitrogens with one attached hydrogen (secondary N) is 1. The Morgan fingerprint density at radius 3 is 2.12 bits per heavy atom. The summed E-state index contributed by atoms with van der Waals surface area (Å²) in [5, 5.41) is 2.98. The van der Waals surface area contributed by atoms with Crippen molar-refractivity contribution in [2.45, 2.75) is 76.0 Å². The molecule has 2 amide bonds. The summed E-state index contributed by atoms with van der Waals surface area (Å²) >= 11 is 0. The molecule has 1 aliphatic heterocycles. The third-order valence-electron chi connectivity index (χ3n) is 6.16. The summed E-state index contributed by atoms with van der Waals surface area (Å²) in [5.41, 5.74) is 0.829. The first kappa shape index (κ1) is 17.4. The van der Waals surface area contributed by atoms with Gasteiger partial charge in [0.2, 0.25) is 5.91 Å². The molecule has 0 unspecified atom stereocenters. The lowest BCUT2D eigenvalue weighted by molar-refractivity contribution is -0.163. The van der Waals surface area contributed by atoms with Crippen LogP contribution in [0.2, 0.25) is 0 Å². The second kappa shape index (κ2) is 5.73. The molecule has 5 heteroatoms. The Bertz CT molecular complexity index is 715. The van der Waals surface area contributed by atoms with Crippen LogP contribution in [0.3, 0.4) is 0 Å². The number of likely N-dealkylation sites (tertiary alicyclic amines) is 1. The molecule has 0 aromatic heterocycles. The molecule has 1 saturated carbocycles. The van der Waals surface area contributed by atoms with Crippen LogP contribution in [0.1, 0.15) is 57.6 Å². The van der Waals surface area contributed by atoms with Crippen molar-refractivity contribution in [3.63, 3.8) is 0 Å². The molecule has 26 heavy (non-hydrogen) atoms. The molecule has 5 nitrogen and oxygen atoms in total. The summed E-state index contributed by atoms with van der Waals surface area (Å²) in [4.78, 5) is 28.2. The number of alkyl carbamates (subject to hydrolysis) is 1. The number of nitrogens with zero attached hydrogens (tertiary/aromatic N) is 1. The van der Waals surface area contributed by atoms with E-state index in [0.717, 1.165) is 36.9 Å². The maximum atomic E-state index is 13.6. The summed E-state index contributed by atoms with van der Waals surface area (Å²) < 4.78 is 5.48. The number of carbonyl (C=O) groups excluding carboxylic acids is 2. The maximum absolute atomic E-state index is 13.6. The topological polar surface area (TPSA) is 58.6 Å². The predicted octanol–water partition coefficient (Wildman–Crippen LogP) is 3.20. The summed E-state index contributed by atoms with van der Waals surface area (Å²) in [7, 11) is 0. The molecule has 3 aliphatic rings. The SMILES string of the molecule is CC(C)(C)OC(=O)NC1(C(=O)N2CCC23CCC3)Cc2ccccc2C1. The first-order chi connectivity index (χ1) is 12.2. The molecule has 4 rings (SSSR count). The minimum atomic E-state index is -0.922. The lowest BCUT2D eigenvalue weighted by atomic mass is 9.67. The molecular formula is C21H28N2O3. The first-order valence-corrected chi connectivity index (χ1v) is 9.63. The fourth-order valence-electron chi connectivity index (χ4n) is 4.63. The van der Waals surface area contributed by atoms with Crippen molar-refractivity contribution < 1.29 is 14.3 Å². The molecule has 1 heterocycles. The fraction of sp³-hybridized carbons (Fsp3) is 0.619. The molecule has 1 aromatic rings. The lowest BCUT2D eigenvalue weighted by Gasteiger charge is -2.60. The summed E-state index contributed by atoms with van der Waals surface area (Å²) in [6, 6.07) is 8.08. The highest BCUT2D eigenvalue weighted by atomic mass is 16.6. The van der Waals surface area contributed by atoms with Crippen molar-refractivity contribution in [1.29, 1.82) is 0 Å². The first-order valence-electron chi connectivity index (χ1n) is 9.63. The summed E-state index contributed by atoms with van der Waals surface area (Å²) in [6.45, 7) is 6.31. The zero-order chi connectivity index (χ0) is 18.6. The van der Waals surface area contributed by atoms with Crippen molar-refractivity contribution in [3.8, 4) is 0 Å². The minimum absolute atomic E-state index is 0.0607. The van der Waals surface area contributed by atoms with Crippen LogP contribution in [0.25, 0.3) is 0 Å². The Labute approximate surface area is 155 Å². The Balaban J connectivity index is 1.60. The Hall–Kier alpha value is -2.04. The van der Waals surface area contributed by atoms with Crippen molar-refractivity contribution >= 4 is 12.0 Å². The van der Waals surface area contributed by atoms with Crippen LogP contribution < -0.4 is 5.32 Å². The van der Waals surface area contributed by atoms with Crippen LogP contribution in [0, 0.1) is 0 Å². The van der Waals surface area contributed by atoms with E-state index in [4.69, 9.17) is 4.74 Å².